The molecule has 0 saturated carbocycles. The first-order chi connectivity index (χ1) is 9.56. The van der Waals surface area contributed by atoms with Crippen molar-refractivity contribution in [2.75, 3.05) is 11.1 Å². The Labute approximate surface area is 115 Å². The largest absolute Gasteiger partial charge is 0.399 e. The Morgan fingerprint density at radius 2 is 1.90 bits per heavy atom. The summed E-state index contributed by atoms with van der Waals surface area (Å²) in [4.78, 5) is 11.7. The van der Waals surface area contributed by atoms with Crippen molar-refractivity contribution in [3.05, 3.63) is 59.7 Å². The fourth-order valence-electron chi connectivity index (χ4n) is 1.81. The maximum atomic E-state index is 13.4. The predicted octanol–water partition coefficient (Wildman–Crippen LogP) is 3.12. The summed E-state index contributed by atoms with van der Waals surface area (Å²) in [5, 5.41) is 2.41. The topological polar surface area (TPSA) is 55.1 Å². The van der Waals surface area contributed by atoms with E-state index in [1.54, 1.807) is 6.07 Å². The fraction of sp³-hybridized carbons (Fsp3) is 0.133. The number of nitrogens with two attached hydrogens (primary N) is 1. The average Bonchev–Trinajstić information content (AvgIpc) is 2.41. The third-order valence-corrected chi connectivity index (χ3v) is 2.88. The van der Waals surface area contributed by atoms with E-state index in [1.807, 2.05) is 18.2 Å². The Morgan fingerprint density at radius 1 is 1.15 bits per heavy atom. The van der Waals surface area contributed by atoms with E-state index in [4.69, 9.17) is 5.73 Å². The molecule has 0 heterocycles. The van der Waals surface area contributed by atoms with E-state index in [9.17, 15) is 13.6 Å². The molecule has 0 fully saturated rings. The summed E-state index contributed by atoms with van der Waals surface area (Å²) in [5.41, 5.74) is 7.22. The minimum Gasteiger partial charge on any atom is -0.399 e. The fourth-order valence-corrected chi connectivity index (χ4v) is 1.81. The molecule has 0 aliphatic carbocycles. The van der Waals surface area contributed by atoms with Crippen molar-refractivity contribution in [1.82, 2.24) is 0 Å². The summed E-state index contributed by atoms with van der Waals surface area (Å²) in [6.07, 6.45) is 0.631. The standard InChI is InChI=1S/C15H14F2N2O/c16-11-6-7-14(12(17)9-11)19-15(20)8-5-10-3-1-2-4-13(10)18/h1-4,6-7,9H,5,8,18H2,(H,19,20). The van der Waals surface area contributed by atoms with Crippen LogP contribution < -0.4 is 11.1 Å². The zero-order chi connectivity index (χ0) is 14.5. The van der Waals surface area contributed by atoms with Gasteiger partial charge in [0, 0.05) is 18.2 Å². The lowest BCUT2D eigenvalue weighted by Gasteiger charge is -2.07. The van der Waals surface area contributed by atoms with Crippen molar-refractivity contribution in [3.63, 3.8) is 0 Å². The highest BCUT2D eigenvalue weighted by Crippen LogP contribution is 2.16. The SMILES string of the molecule is Nc1ccccc1CCC(=O)Nc1ccc(F)cc1F. The molecule has 0 unspecified atom stereocenters. The van der Waals surface area contributed by atoms with E-state index < -0.39 is 11.6 Å². The van der Waals surface area contributed by atoms with Crippen molar-refractivity contribution in [2.45, 2.75) is 12.8 Å². The molecule has 3 nitrogen and oxygen atoms in total. The third kappa shape index (κ3) is 3.54. The van der Waals surface area contributed by atoms with Gasteiger partial charge in [0.1, 0.15) is 11.6 Å². The average molecular weight is 276 g/mol. The van der Waals surface area contributed by atoms with Gasteiger partial charge in [-0.3, -0.25) is 4.79 Å². The third-order valence-electron chi connectivity index (χ3n) is 2.88. The highest BCUT2D eigenvalue weighted by atomic mass is 19.1. The van der Waals surface area contributed by atoms with Crippen molar-refractivity contribution in [3.8, 4) is 0 Å². The number of halogens is 2. The summed E-state index contributed by atoms with van der Waals surface area (Å²) in [5.74, 6) is -1.83. The lowest BCUT2D eigenvalue weighted by Crippen LogP contribution is -2.13. The number of rotatable bonds is 4. The molecule has 20 heavy (non-hydrogen) atoms. The number of benzene rings is 2. The van der Waals surface area contributed by atoms with Gasteiger partial charge in [0.25, 0.3) is 0 Å². The second-order valence-corrected chi connectivity index (χ2v) is 4.37. The number of hydrogen-bond acceptors (Lipinski definition) is 2. The van der Waals surface area contributed by atoms with Gasteiger partial charge in [0.2, 0.25) is 5.91 Å². The first kappa shape index (κ1) is 14.0. The van der Waals surface area contributed by atoms with E-state index in [1.165, 1.54) is 6.07 Å². The van der Waals surface area contributed by atoms with Crippen LogP contribution in [-0.2, 0) is 11.2 Å². The molecule has 2 rings (SSSR count). The second-order valence-electron chi connectivity index (χ2n) is 4.37. The van der Waals surface area contributed by atoms with Gasteiger partial charge < -0.3 is 11.1 Å². The Kier molecular flexibility index (Phi) is 4.30. The van der Waals surface area contributed by atoms with E-state index in [0.717, 1.165) is 17.7 Å². The second kappa shape index (κ2) is 6.14. The van der Waals surface area contributed by atoms with E-state index in [-0.39, 0.29) is 18.0 Å². The molecule has 0 spiro atoms. The number of carbonyl (C=O) groups is 1. The lowest BCUT2D eigenvalue weighted by molar-refractivity contribution is -0.116. The van der Waals surface area contributed by atoms with Crippen molar-refractivity contribution >= 4 is 17.3 Å². The van der Waals surface area contributed by atoms with Gasteiger partial charge in [0.15, 0.2) is 0 Å². The van der Waals surface area contributed by atoms with Crippen LogP contribution >= 0.6 is 0 Å². The molecule has 104 valence electrons. The minimum atomic E-state index is -0.794. The van der Waals surface area contributed by atoms with E-state index in [2.05, 4.69) is 5.32 Å². The number of hydrogen-bond donors (Lipinski definition) is 2. The Hall–Kier alpha value is -2.43. The van der Waals surface area contributed by atoms with Gasteiger partial charge in [0.05, 0.1) is 5.69 Å². The molecule has 2 aromatic carbocycles. The van der Waals surface area contributed by atoms with Crippen LogP contribution in [-0.4, -0.2) is 5.91 Å². The Balaban J connectivity index is 1.94. The molecule has 0 radical (unpaired) electrons. The van der Waals surface area contributed by atoms with Crippen LogP contribution in [0.5, 0.6) is 0 Å². The molecule has 1 amide bonds. The monoisotopic (exact) mass is 276 g/mol. The summed E-state index contributed by atoms with van der Waals surface area (Å²) in [6, 6.07) is 10.3. The Morgan fingerprint density at radius 3 is 2.60 bits per heavy atom. The Bertz CT molecular complexity index is 629. The molecule has 0 aromatic heterocycles. The highest BCUT2D eigenvalue weighted by Gasteiger charge is 2.09. The highest BCUT2D eigenvalue weighted by molar-refractivity contribution is 5.91. The number of amides is 1. The summed E-state index contributed by atoms with van der Waals surface area (Å²) >= 11 is 0. The van der Waals surface area contributed by atoms with Crippen molar-refractivity contribution in [1.29, 1.82) is 0 Å². The zero-order valence-electron chi connectivity index (χ0n) is 10.7. The molecule has 3 N–H and O–H groups in total. The number of para-hydroxylation sites is 1. The zero-order valence-corrected chi connectivity index (χ0v) is 10.7. The van der Waals surface area contributed by atoms with Crippen LogP contribution in [0.1, 0.15) is 12.0 Å². The first-order valence-corrected chi connectivity index (χ1v) is 6.14. The summed E-state index contributed by atoms with van der Waals surface area (Å²) < 4.78 is 26.1. The van der Waals surface area contributed by atoms with Gasteiger partial charge >= 0.3 is 0 Å². The number of anilines is 2. The van der Waals surface area contributed by atoms with Gasteiger partial charge in [-0.2, -0.15) is 0 Å². The van der Waals surface area contributed by atoms with E-state index in [0.29, 0.717) is 12.1 Å². The van der Waals surface area contributed by atoms with Crippen LogP contribution in [0.2, 0.25) is 0 Å². The van der Waals surface area contributed by atoms with E-state index >= 15 is 0 Å². The molecule has 0 bridgehead atoms. The van der Waals surface area contributed by atoms with Crippen LogP contribution in [0.25, 0.3) is 0 Å². The normalized spacial score (nSPS) is 10.3. The molecule has 0 atom stereocenters. The number of carbonyl (C=O) groups excluding carboxylic acids is 1. The molecular weight excluding hydrogens is 262 g/mol. The molecule has 0 saturated heterocycles. The molecular formula is C15H14F2N2O. The minimum absolute atomic E-state index is 0.0302. The predicted molar refractivity (Wildman–Crippen MR) is 74.2 cm³/mol. The lowest BCUT2D eigenvalue weighted by atomic mass is 10.1. The quantitative estimate of drug-likeness (QED) is 0.843. The summed E-state index contributed by atoms with van der Waals surface area (Å²) in [6.45, 7) is 0. The smallest absolute Gasteiger partial charge is 0.224 e. The maximum Gasteiger partial charge on any atom is 0.224 e. The van der Waals surface area contributed by atoms with Crippen LogP contribution in [0.4, 0.5) is 20.2 Å². The first-order valence-electron chi connectivity index (χ1n) is 6.14. The molecule has 5 heteroatoms. The molecule has 0 aliphatic rings. The number of aryl methyl sites for hydroxylation is 1. The molecule has 2 aromatic rings. The van der Waals surface area contributed by atoms with Gasteiger partial charge in [-0.1, -0.05) is 18.2 Å². The molecule has 0 aliphatic heterocycles. The van der Waals surface area contributed by atoms with Crippen molar-refractivity contribution in [2.24, 2.45) is 0 Å². The van der Waals surface area contributed by atoms with Gasteiger partial charge in [-0.25, -0.2) is 8.78 Å². The van der Waals surface area contributed by atoms with Crippen LogP contribution in [0.3, 0.4) is 0 Å². The van der Waals surface area contributed by atoms with Crippen LogP contribution in [0, 0.1) is 11.6 Å². The van der Waals surface area contributed by atoms with Crippen LogP contribution in [0.15, 0.2) is 42.5 Å². The summed E-state index contributed by atoms with van der Waals surface area (Å²) in [7, 11) is 0. The maximum absolute atomic E-state index is 13.4. The van der Waals surface area contributed by atoms with Crippen molar-refractivity contribution < 1.29 is 13.6 Å². The number of nitrogen functional groups attached to an aromatic ring is 1. The number of nitrogens with one attached hydrogen (secondary N) is 1. The van der Waals surface area contributed by atoms with Gasteiger partial charge in [-0.05, 0) is 30.2 Å². The van der Waals surface area contributed by atoms with Gasteiger partial charge in [-0.15, -0.1) is 0 Å².